The molecule has 0 saturated heterocycles. The fourth-order valence-corrected chi connectivity index (χ4v) is 1.92. The van der Waals surface area contributed by atoms with Crippen molar-refractivity contribution in [3.63, 3.8) is 0 Å². The molecule has 0 spiro atoms. The summed E-state index contributed by atoms with van der Waals surface area (Å²) in [5, 5.41) is 12.4. The summed E-state index contributed by atoms with van der Waals surface area (Å²) in [6.45, 7) is 0. The highest BCUT2D eigenvalue weighted by molar-refractivity contribution is 6.34. The minimum absolute atomic E-state index is 0.116. The first-order valence-corrected chi connectivity index (χ1v) is 5.64. The van der Waals surface area contributed by atoms with Crippen molar-refractivity contribution in [3.05, 3.63) is 64.7 Å². The molecule has 18 heavy (non-hydrogen) atoms. The fraction of sp³-hybridized carbons (Fsp3) is 0.0769. The van der Waals surface area contributed by atoms with Crippen molar-refractivity contribution in [1.29, 1.82) is 0 Å². The van der Waals surface area contributed by atoms with Crippen LogP contribution in [-0.2, 0) is 6.42 Å². The molecule has 5 heteroatoms. The Morgan fingerprint density at radius 1 is 1.33 bits per heavy atom. The van der Waals surface area contributed by atoms with Crippen molar-refractivity contribution in [1.82, 2.24) is 4.98 Å². The van der Waals surface area contributed by atoms with Gasteiger partial charge in [-0.2, -0.15) is 0 Å². The van der Waals surface area contributed by atoms with Gasteiger partial charge in [-0.3, -0.25) is 4.98 Å². The first kappa shape index (κ1) is 12.5. The molecular weight excluding hydrogens is 255 g/mol. The fourth-order valence-electron chi connectivity index (χ4n) is 1.64. The summed E-state index contributed by atoms with van der Waals surface area (Å²) in [6, 6.07) is 7.89. The average Bonchev–Trinajstić information content (AvgIpc) is 2.38. The topological polar surface area (TPSA) is 45.5 Å². The van der Waals surface area contributed by atoms with Gasteiger partial charge in [-0.25, -0.2) is 4.39 Å². The third-order valence-electron chi connectivity index (χ3n) is 2.47. The van der Waals surface area contributed by atoms with E-state index in [1.54, 1.807) is 24.5 Å². The van der Waals surface area contributed by atoms with Crippen LogP contribution in [0.4, 0.5) is 4.39 Å². The molecule has 1 aromatic heterocycles. The van der Waals surface area contributed by atoms with E-state index in [0.717, 1.165) is 5.56 Å². The summed E-state index contributed by atoms with van der Waals surface area (Å²) in [5.74, 6) is -0.515. The highest BCUT2D eigenvalue weighted by Gasteiger charge is 2.15. The normalized spacial score (nSPS) is 11.6. The molecule has 0 fully saturated rings. The maximum absolute atomic E-state index is 13.7. The number of hydrogen-bond acceptors (Lipinski definition) is 3. The van der Waals surface area contributed by atoms with Crippen LogP contribution in [0.25, 0.3) is 0 Å². The van der Waals surface area contributed by atoms with Crippen LogP contribution in [-0.4, -0.2) is 15.9 Å². The van der Waals surface area contributed by atoms with E-state index < -0.39 is 5.82 Å². The monoisotopic (exact) mass is 264 g/mol. The second-order valence-corrected chi connectivity index (χ2v) is 4.09. The third kappa shape index (κ3) is 2.65. The molecule has 1 aromatic carbocycles. The van der Waals surface area contributed by atoms with Gasteiger partial charge < -0.3 is 5.21 Å². The maximum atomic E-state index is 13.7. The van der Waals surface area contributed by atoms with E-state index in [9.17, 15) is 4.39 Å². The van der Waals surface area contributed by atoms with Crippen LogP contribution < -0.4 is 0 Å². The predicted octanol–water partition coefficient (Wildman–Crippen LogP) is 3.30. The zero-order valence-corrected chi connectivity index (χ0v) is 10.1. The van der Waals surface area contributed by atoms with E-state index in [1.165, 1.54) is 12.1 Å². The van der Waals surface area contributed by atoms with E-state index in [1.807, 2.05) is 6.07 Å². The molecule has 0 atom stereocenters. The van der Waals surface area contributed by atoms with E-state index in [4.69, 9.17) is 16.8 Å². The van der Waals surface area contributed by atoms with Gasteiger partial charge in [0.25, 0.3) is 0 Å². The van der Waals surface area contributed by atoms with E-state index in [-0.39, 0.29) is 22.7 Å². The number of benzene rings is 1. The minimum atomic E-state index is -0.515. The number of nitrogens with zero attached hydrogens (tertiary/aromatic N) is 2. The van der Waals surface area contributed by atoms with Crippen LogP contribution in [0.1, 0.15) is 11.1 Å². The van der Waals surface area contributed by atoms with Crippen LogP contribution in [0.5, 0.6) is 0 Å². The zero-order chi connectivity index (χ0) is 13.0. The molecule has 1 heterocycles. The van der Waals surface area contributed by atoms with Gasteiger partial charge in [-0.1, -0.05) is 28.9 Å². The molecule has 0 aliphatic carbocycles. The van der Waals surface area contributed by atoms with E-state index >= 15 is 0 Å². The van der Waals surface area contributed by atoms with Crippen LogP contribution in [0.2, 0.25) is 5.02 Å². The Morgan fingerprint density at radius 3 is 2.78 bits per heavy atom. The number of halogens is 2. The Kier molecular flexibility index (Phi) is 3.89. The molecule has 0 radical (unpaired) electrons. The Bertz CT molecular complexity index is 552. The number of pyridine rings is 1. The zero-order valence-electron chi connectivity index (χ0n) is 9.35. The van der Waals surface area contributed by atoms with Crippen LogP contribution in [0.15, 0.2) is 47.9 Å². The summed E-state index contributed by atoms with van der Waals surface area (Å²) in [4.78, 5) is 3.95. The summed E-state index contributed by atoms with van der Waals surface area (Å²) in [5.41, 5.74) is 1.10. The number of aromatic nitrogens is 1. The highest BCUT2D eigenvalue weighted by atomic mass is 35.5. The van der Waals surface area contributed by atoms with Crippen molar-refractivity contribution < 1.29 is 9.60 Å². The number of hydrogen-bond donors (Lipinski definition) is 1. The Labute approximate surface area is 109 Å². The van der Waals surface area contributed by atoms with Gasteiger partial charge in [0, 0.05) is 18.8 Å². The lowest BCUT2D eigenvalue weighted by molar-refractivity contribution is 0.318. The Morgan fingerprint density at radius 2 is 2.17 bits per heavy atom. The molecule has 92 valence electrons. The third-order valence-corrected chi connectivity index (χ3v) is 2.78. The van der Waals surface area contributed by atoms with Gasteiger partial charge in [0.1, 0.15) is 5.82 Å². The van der Waals surface area contributed by atoms with Crippen molar-refractivity contribution in [2.75, 3.05) is 0 Å². The quantitative estimate of drug-likeness (QED) is 0.525. The SMILES string of the molecule is ON=C(Cc1cccnc1)c1c(F)cccc1Cl. The standard InChI is InChI=1S/C13H10ClFN2O/c14-10-4-1-5-11(15)13(10)12(17-18)7-9-3-2-6-16-8-9/h1-6,8,18H,7H2. The lowest BCUT2D eigenvalue weighted by Crippen LogP contribution is -2.09. The van der Waals surface area contributed by atoms with Gasteiger partial charge in [-0.05, 0) is 23.8 Å². The molecule has 0 bridgehead atoms. The van der Waals surface area contributed by atoms with Gasteiger partial charge >= 0.3 is 0 Å². The van der Waals surface area contributed by atoms with Gasteiger partial charge in [-0.15, -0.1) is 0 Å². The lowest BCUT2D eigenvalue weighted by Gasteiger charge is -2.07. The molecule has 0 saturated carbocycles. The predicted molar refractivity (Wildman–Crippen MR) is 67.7 cm³/mol. The van der Waals surface area contributed by atoms with E-state index in [2.05, 4.69) is 10.1 Å². The van der Waals surface area contributed by atoms with Gasteiger partial charge in [0.05, 0.1) is 16.3 Å². The molecule has 0 aliphatic heterocycles. The second kappa shape index (κ2) is 5.60. The highest BCUT2D eigenvalue weighted by Crippen LogP contribution is 2.21. The van der Waals surface area contributed by atoms with Crippen molar-refractivity contribution in [3.8, 4) is 0 Å². The van der Waals surface area contributed by atoms with Gasteiger partial charge in [0.2, 0.25) is 0 Å². The lowest BCUT2D eigenvalue weighted by atomic mass is 10.0. The van der Waals surface area contributed by atoms with Crippen LogP contribution >= 0.6 is 11.6 Å². The Balaban J connectivity index is 2.36. The molecule has 2 rings (SSSR count). The van der Waals surface area contributed by atoms with Crippen molar-refractivity contribution >= 4 is 17.3 Å². The largest absolute Gasteiger partial charge is 0.411 e. The summed E-state index contributed by atoms with van der Waals surface area (Å²) in [6.07, 6.45) is 3.51. The maximum Gasteiger partial charge on any atom is 0.133 e. The summed E-state index contributed by atoms with van der Waals surface area (Å²) >= 11 is 5.92. The van der Waals surface area contributed by atoms with E-state index in [0.29, 0.717) is 0 Å². The molecule has 0 aliphatic rings. The van der Waals surface area contributed by atoms with Gasteiger partial charge in [0.15, 0.2) is 0 Å². The molecule has 0 unspecified atom stereocenters. The summed E-state index contributed by atoms with van der Waals surface area (Å²) in [7, 11) is 0. The molecular formula is C13H10ClFN2O. The van der Waals surface area contributed by atoms with Crippen molar-refractivity contribution in [2.45, 2.75) is 6.42 Å². The molecule has 0 amide bonds. The van der Waals surface area contributed by atoms with Crippen molar-refractivity contribution in [2.24, 2.45) is 5.16 Å². The Hall–Kier alpha value is -1.94. The van der Waals surface area contributed by atoms with Crippen LogP contribution in [0, 0.1) is 5.82 Å². The average molecular weight is 265 g/mol. The molecule has 1 N–H and O–H groups in total. The second-order valence-electron chi connectivity index (χ2n) is 3.68. The molecule has 3 nitrogen and oxygen atoms in total. The first-order valence-electron chi connectivity index (χ1n) is 5.26. The first-order chi connectivity index (χ1) is 8.72. The van der Waals surface area contributed by atoms with Crippen LogP contribution in [0.3, 0.4) is 0 Å². The smallest absolute Gasteiger partial charge is 0.133 e. The number of rotatable bonds is 3. The number of oxime groups is 1. The summed E-state index contributed by atoms with van der Waals surface area (Å²) < 4.78 is 13.7. The molecule has 2 aromatic rings. The minimum Gasteiger partial charge on any atom is -0.411 e.